The van der Waals surface area contributed by atoms with Crippen molar-refractivity contribution < 1.29 is 0 Å². The maximum Gasteiger partial charge on any atom is 0.0986 e. The van der Waals surface area contributed by atoms with Crippen LogP contribution in [0.25, 0.3) is 11.8 Å². The number of rotatable bonds is 3. The van der Waals surface area contributed by atoms with Crippen molar-refractivity contribution in [3.05, 3.63) is 53.6 Å². The fourth-order valence-corrected chi connectivity index (χ4v) is 1.69. The first-order valence-corrected chi connectivity index (χ1v) is 5.61. The third kappa shape index (κ3) is 3.62. The molecule has 0 bridgehead atoms. The molecule has 4 heteroatoms. The minimum absolute atomic E-state index is 0. The van der Waals surface area contributed by atoms with Crippen molar-refractivity contribution in [1.82, 2.24) is 9.55 Å². The Morgan fingerprint density at radius 3 is 2.59 bits per heavy atom. The van der Waals surface area contributed by atoms with Crippen molar-refractivity contribution in [2.24, 2.45) is 0 Å². The lowest BCUT2D eigenvalue weighted by molar-refractivity contribution is 1.12. The number of allylic oxidation sites excluding steroid dienone is 1. The summed E-state index contributed by atoms with van der Waals surface area (Å²) in [5, 5.41) is 0.766. The predicted molar refractivity (Wildman–Crippen MR) is 75.4 cm³/mol. The fourth-order valence-electron chi connectivity index (χ4n) is 1.56. The summed E-state index contributed by atoms with van der Waals surface area (Å²) in [4.78, 5) is 4.01. The molecule has 1 aromatic heterocycles. The van der Waals surface area contributed by atoms with Crippen LogP contribution in [-0.4, -0.2) is 9.55 Å². The van der Waals surface area contributed by atoms with Gasteiger partial charge in [0.15, 0.2) is 0 Å². The van der Waals surface area contributed by atoms with E-state index in [0.29, 0.717) is 0 Å². The summed E-state index contributed by atoms with van der Waals surface area (Å²) in [5.41, 5.74) is 2.45. The van der Waals surface area contributed by atoms with Crippen LogP contribution in [0.3, 0.4) is 0 Å². The van der Waals surface area contributed by atoms with E-state index in [1.54, 1.807) is 12.5 Å². The topological polar surface area (TPSA) is 17.8 Å². The van der Waals surface area contributed by atoms with Crippen molar-refractivity contribution in [3.8, 4) is 0 Å². The van der Waals surface area contributed by atoms with Gasteiger partial charge in [-0.1, -0.05) is 30.7 Å². The van der Waals surface area contributed by atoms with Gasteiger partial charge < -0.3 is 4.57 Å². The van der Waals surface area contributed by atoms with Crippen molar-refractivity contribution in [1.29, 1.82) is 0 Å². The van der Waals surface area contributed by atoms with Gasteiger partial charge in [-0.2, -0.15) is 0 Å². The molecule has 0 radical (unpaired) electrons. The number of nitrogens with zero attached hydrogens (tertiary/aromatic N) is 2. The van der Waals surface area contributed by atoms with Gasteiger partial charge in [-0.3, -0.25) is 0 Å². The summed E-state index contributed by atoms with van der Waals surface area (Å²) in [6.07, 6.45) is 8.53. The van der Waals surface area contributed by atoms with Crippen molar-refractivity contribution in [2.75, 3.05) is 0 Å². The maximum absolute atomic E-state index is 5.87. The van der Waals surface area contributed by atoms with E-state index in [-0.39, 0.29) is 12.4 Å². The summed E-state index contributed by atoms with van der Waals surface area (Å²) in [6, 6.07) is 7.89. The van der Waals surface area contributed by atoms with Gasteiger partial charge in [-0.25, -0.2) is 4.98 Å². The average molecular weight is 269 g/mol. The van der Waals surface area contributed by atoms with Gasteiger partial charge in [0.05, 0.1) is 6.33 Å². The highest BCUT2D eigenvalue weighted by Gasteiger charge is 1.99. The third-order valence-corrected chi connectivity index (χ3v) is 2.68. The van der Waals surface area contributed by atoms with Gasteiger partial charge in [-0.05, 0) is 29.7 Å². The van der Waals surface area contributed by atoms with E-state index in [1.807, 2.05) is 35.0 Å². The summed E-state index contributed by atoms with van der Waals surface area (Å²) in [6.45, 7) is 2.14. The van der Waals surface area contributed by atoms with Gasteiger partial charge in [0.25, 0.3) is 0 Å². The van der Waals surface area contributed by atoms with E-state index in [4.69, 9.17) is 11.6 Å². The van der Waals surface area contributed by atoms with Crippen molar-refractivity contribution in [3.63, 3.8) is 0 Å². The average Bonchev–Trinajstić information content (AvgIpc) is 2.80. The second kappa shape index (κ2) is 6.48. The zero-order valence-electron chi connectivity index (χ0n) is 9.51. The first kappa shape index (κ1) is 13.8. The zero-order chi connectivity index (χ0) is 11.4. The minimum atomic E-state index is 0. The first-order valence-electron chi connectivity index (χ1n) is 5.23. The molecule has 2 rings (SSSR count). The first-order chi connectivity index (χ1) is 7.79. The fraction of sp³-hybridized carbons (Fsp3) is 0.154. The van der Waals surface area contributed by atoms with Crippen LogP contribution in [0.2, 0.25) is 5.02 Å². The molecule has 0 aliphatic carbocycles. The van der Waals surface area contributed by atoms with E-state index >= 15 is 0 Å². The molecule has 0 fully saturated rings. The summed E-state index contributed by atoms with van der Waals surface area (Å²) < 4.78 is 1.95. The highest BCUT2D eigenvalue weighted by atomic mass is 35.5. The number of hydrogen-bond donors (Lipinski definition) is 0. The molecule has 0 aliphatic heterocycles. The molecule has 0 saturated heterocycles. The number of benzene rings is 1. The van der Waals surface area contributed by atoms with E-state index < -0.39 is 0 Å². The number of halogens is 2. The zero-order valence-corrected chi connectivity index (χ0v) is 11.1. The Hall–Kier alpha value is -1.25. The maximum atomic E-state index is 5.87. The smallest absolute Gasteiger partial charge is 0.0986 e. The number of imidazole rings is 1. The Bertz CT molecular complexity index is 473. The van der Waals surface area contributed by atoms with Crippen LogP contribution in [0.15, 0.2) is 43.0 Å². The van der Waals surface area contributed by atoms with E-state index in [0.717, 1.165) is 11.4 Å². The number of aromatic nitrogens is 2. The number of hydrogen-bond acceptors (Lipinski definition) is 1. The van der Waals surface area contributed by atoms with Gasteiger partial charge in [0.2, 0.25) is 0 Å². The SMILES string of the molecule is CC/C(=C\n1ccnc1)c1ccc(Cl)cc1.Cl. The molecular weight excluding hydrogens is 255 g/mol. The Morgan fingerprint density at radius 1 is 1.35 bits per heavy atom. The van der Waals surface area contributed by atoms with Crippen molar-refractivity contribution in [2.45, 2.75) is 13.3 Å². The Balaban J connectivity index is 0.00000144. The molecule has 0 aliphatic rings. The Kier molecular flexibility index (Phi) is 5.26. The summed E-state index contributed by atoms with van der Waals surface area (Å²) in [5.74, 6) is 0. The van der Waals surface area contributed by atoms with Crippen LogP contribution in [-0.2, 0) is 0 Å². The molecular formula is C13H14Cl2N2. The molecule has 0 unspecified atom stereocenters. The second-order valence-corrected chi connectivity index (χ2v) is 3.96. The molecule has 0 N–H and O–H groups in total. The normalized spacial score (nSPS) is 11.1. The van der Waals surface area contributed by atoms with Gasteiger partial charge >= 0.3 is 0 Å². The minimum Gasteiger partial charge on any atom is -0.313 e. The highest BCUT2D eigenvalue weighted by Crippen LogP contribution is 2.20. The molecule has 90 valence electrons. The van der Waals surface area contributed by atoms with Crippen LogP contribution in [0.5, 0.6) is 0 Å². The summed E-state index contributed by atoms with van der Waals surface area (Å²) >= 11 is 5.87. The lowest BCUT2D eigenvalue weighted by atomic mass is 10.1. The van der Waals surface area contributed by atoms with Crippen LogP contribution >= 0.6 is 24.0 Å². The molecule has 0 saturated carbocycles. The molecule has 0 spiro atoms. The summed E-state index contributed by atoms with van der Waals surface area (Å²) in [7, 11) is 0. The quantitative estimate of drug-likeness (QED) is 0.809. The molecule has 0 atom stereocenters. The molecule has 0 amide bonds. The molecule has 2 aromatic rings. The van der Waals surface area contributed by atoms with E-state index in [9.17, 15) is 0 Å². The standard InChI is InChI=1S/C13H13ClN2.ClH/c1-2-11(9-16-8-7-15-10-16)12-3-5-13(14)6-4-12;/h3-10H,2H2,1H3;1H/b11-9+;. The molecule has 1 heterocycles. The third-order valence-electron chi connectivity index (χ3n) is 2.43. The van der Waals surface area contributed by atoms with Crippen molar-refractivity contribution >= 4 is 35.8 Å². The van der Waals surface area contributed by atoms with Crippen LogP contribution in [0, 0.1) is 0 Å². The van der Waals surface area contributed by atoms with Gasteiger partial charge in [0, 0.05) is 23.6 Å². The second-order valence-electron chi connectivity index (χ2n) is 3.52. The molecule has 2 nitrogen and oxygen atoms in total. The van der Waals surface area contributed by atoms with E-state index in [1.165, 1.54) is 11.1 Å². The van der Waals surface area contributed by atoms with Crippen LogP contribution in [0.4, 0.5) is 0 Å². The van der Waals surface area contributed by atoms with E-state index in [2.05, 4.69) is 18.1 Å². The lowest BCUT2D eigenvalue weighted by Crippen LogP contribution is -1.87. The molecule has 1 aromatic carbocycles. The Labute approximate surface area is 112 Å². The lowest BCUT2D eigenvalue weighted by Gasteiger charge is -2.05. The predicted octanol–water partition coefficient (Wildman–Crippen LogP) is 4.37. The van der Waals surface area contributed by atoms with Gasteiger partial charge in [-0.15, -0.1) is 12.4 Å². The highest BCUT2D eigenvalue weighted by molar-refractivity contribution is 6.30. The molecule has 17 heavy (non-hydrogen) atoms. The van der Waals surface area contributed by atoms with Crippen LogP contribution < -0.4 is 0 Å². The monoisotopic (exact) mass is 268 g/mol. The Morgan fingerprint density at radius 2 is 2.06 bits per heavy atom. The largest absolute Gasteiger partial charge is 0.313 e. The van der Waals surface area contributed by atoms with Crippen LogP contribution in [0.1, 0.15) is 18.9 Å². The van der Waals surface area contributed by atoms with Gasteiger partial charge in [0.1, 0.15) is 0 Å².